The lowest BCUT2D eigenvalue weighted by atomic mass is 9.35. The zero-order valence-electron chi connectivity index (χ0n) is 44.8. The summed E-state index contributed by atoms with van der Waals surface area (Å²) < 4.78 is 3.00. The van der Waals surface area contributed by atoms with Gasteiger partial charge in [-0.15, -0.1) is 11.3 Å². The highest BCUT2D eigenvalue weighted by molar-refractivity contribution is 7.33. The molecule has 1 aromatic heterocycles. The van der Waals surface area contributed by atoms with Crippen molar-refractivity contribution in [1.82, 2.24) is 0 Å². The Hall–Kier alpha value is -5.06. The summed E-state index contributed by atoms with van der Waals surface area (Å²) in [6.07, 6.45) is 15.3. The predicted molar refractivity (Wildman–Crippen MR) is 309 cm³/mol. The van der Waals surface area contributed by atoms with Crippen LogP contribution in [0, 0.1) is 0 Å². The lowest BCUT2D eigenvalue weighted by Crippen LogP contribution is -2.60. The van der Waals surface area contributed by atoms with Gasteiger partial charge in [-0.05, 0) is 243 Å². The van der Waals surface area contributed by atoms with Crippen molar-refractivity contribution in [2.45, 2.75) is 191 Å². The number of fused-ring (bicyclic) bond motifs is 12. The number of anilines is 6. The van der Waals surface area contributed by atoms with E-state index >= 15 is 0 Å². The van der Waals surface area contributed by atoms with Crippen molar-refractivity contribution >= 4 is 78.0 Å². The first-order valence-corrected chi connectivity index (χ1v) is 29.1. The average Bonchev–Trinajstić information content (AvgIpc) is 3.75. The van der Waals surface area contributed by atoms with Gasteiger partial charge in [0.15, 0.2) is 0 Å². The van der Waals surface area contributed by atoms with Crippen molar-refractivity contribution in [2.24, 2.45) is 0 Å². The lowest BCUT2D eigenvalue weighted by Gasteiger charge is -2.52. The maximum Gasteiger partial charge on any atom is 0.264 e. The van der Waals surface area contributed by atoms with Crippen LogP contribution in [0.4, 0.5) is 34.1 Å². The molecule has 2 fully saturated rings. The fourth-order valence-electron chi connectivity index (χ4n) is 16.7. The molecule has 4 heteroatoms. The molecule has 0 radical (unpaired) electrons. The zero-order valence-corrected chi connectivity index (χ0v) is 45.7. The minimum absolute atomic E-state index is 0.0788. The van der Waals surface area contributed by atoms with E-state index in [1.54, 1.807) is 22.3 Å². The third-order valence-corrected chi connectivity index (χ3v) is 22.9. The first-order chi connectivity index (χ1) is 34.3. The van der Waals surface area contributed by atoms with Crippen molar-refractivity contribution < 1.29 is 0 Å². The second kappa shape index (κ2) is 14.4. The average molecular weight is 961 g/mol. The monoisotopic (exact) mass is 961 g/mol. The summed E-state index contributed by atoms with van der Waals surface area (Å²) in [5.41, 5.74) is 27.3. The van der Waals surface area contributed by atoms with Gasteiger partial charge >= 0.3 is 0 Å². The topological polar surface area (TPSA) is 6.48 Å². The van der Waals surface area contributed by atoms with Crippen LogP contribution in [0.5, 0.6) is 0 Å². The van der Waals surface area contributed by atoms with Gasteiger partial charge in [0.25, 0.3) is 6.71 Å². The van der Waals surface area contributed by atoms with Crippen LogP contribution < -0.4 is 25.5 Å². The lowest BCUT2D eigenvalue weighted by molar-refractivity contribution is 0.188. The first kappa shape index (κ1) is 44.4. The van der Waals surface area contributed by atoms with Crippen molar-refractivity contribution in [1.29, 1.82) is 0 Å². The van der Waals surface area contributed by atoms with Gasteiger partial charge in [-0.1, -0.05) is 118 Å². The number of benzene rings is 6. The van der Waals surface area contributed by atoms with E-state index in [2.05, 4.69) is 194 Å². The van der Waals surface area contributed by atoms with E-state index in [-0.39, 0.29) is 39.2 Å². The molecule has 4 bridgehead atoms. The summed E-state index contributed by atoms with van der Waals surface area (Å²) in [6.45, 7) is 25.2. The van der Waals surface area contributed by atoms with Crippen LogP contribution >= 0.6 is 11.3 Å². The molecule has 6 aromatic carbocycles. The molecule has 17 rings (SSSR count). The summed E-state index contributed by atoms with van der Waals surface area (Å²) in [5.74, 6) is 1.31. The van der Waals surface area contributed by atoms with E-state index in [1.807, 2.05) is 0 Å². The fraction of sp³-hybridized carbons (Fsp3) is 0.441. The highest BCUT2D eigenvalue weighted by Gasteiger charge is 2.51. The summed E-state index contributed by atoms with van der Waals surface area (Å²) in [4.78, 5) is 5.60. The Morgan fingerprint density at radius 2 is 0.944 bits per heavy atom. The summed E-state index contributed by atoms with van der Waals surface area (Å²) >= 11 is 2.13. The first-order valence-electron chi connectivity index (χ1n) is 28.3. The molecule has 0 saturated heterocycles. The Kier molecular flexibility index (Phi) is 8.89. The van der Waals surface area contributed by atoms with Gasteiger partial charge in [-0.3, -0.25) is 0 Å². The molecule has 2 aliphatic heterocycles. The number of nitrogens with zero attached hydrogens (tertiary/aromatic N) is 2. The largest absolute Gasteiger partial charge is 0.311 e. The van der Waals surface area contributed by atoms with Crippen LogP contribution in [0.25, 0.3) is 21.2 Å². The van der Waals surface area contributed by atoms with E-state index in [9.17, 15) is 0 Å². The number of hydrogen-bond acceptors (Lipinski definition) is 3. The van der Waals surface area contributed by atoms with E-state index < -0.39 is 0 Å². The van der Waals surface area contributed by atoms with Gasteiger partial charge in [0.05, 0.1) is 5.69 Å². The number of thiophene rings is 1. The van der Waals surface area contributed by atoms with Crippen LogP contribution in [0.3, 0.4) is 0 Å². The van der Waals surface area contributed by atoms with E-state index in [4.69, 9.17) is 0 Å². The van der Waals surface area contributed by atoms with Crippen molar-refractivity contribution in [2.75, 3.05) is 9.80 Å². The zero-order chi connectivity index (χ0) is 49.2. The quantitative estimate of drug-likeness (QED) is 0.163. The number of rotatable bonds is 3. The summed E-state index contributed by atoms with van der Waals surface area (Å²) in [6, 6.07) is 43.0. The van der Waals surface area contributed by atoms with E-state index in [0.29, 0.717) is 11.8 Å². The third kappa shape index (κ3) is 5.97. The molecular formula is C68H73BN2S. The normalized spacial score (nSPS) is 26.8. The van der Waals surface area contributed by atoms with Gasteiger partial charge < -0.3 is 9.80 Å². The van der Waals surface area contributed by atoms with Gasteiger partial charge in [-0.25, -0.2) is 0 Å². The van der Waals surface area contributed by atoms with Crippen LogP contribution in [0.2, 0.25) is 0 Å². The molecular weight excluding hydrogens is 888 g/mol. The van der Waals surface area contributed by atoms with Gasteiger partial charge in [-0.2, -0.15) is 0 Å². The fourth-order valence-corrected chi connectivity index (χ4v) is 18.0. The Balaban J connectivity index is 1.08. The highest BCUT2D eigenvalue weighted by atomic mass is 32.1. The Morgan fingerprint density at radius 3 is 1.51 bits per heavy atom. The number of hydrogen-bond donors (Lipinski definition) is 0. The molecule has 10 aliphatic rings. The second-order valence-corrected chi connectivity index (χ2v) is 28.9. The molecule has 0 N–H and O–H groups in total. The minimum atomic E-state index is 0.0788. The van der Waals surface area contributed by atoms with Crippen LogP contribution in [-0.4, -0.2) is 6.71 Å². The summed E-state index contributed by atoms with van der Waals surface area (Å²) in [7, 11) is 0. The van der Waals surface area contributed by atoms with E-state index in [1.165, 1.54) is 170 Å². The Labute approximate surface area is 434 Å². The van der Waals surface area contributed by atoms with Crippen LogP contribution in [0.1, 0.15) is 203 Å². The SMILES string of the molecule is CC1(C)CCC(C)(C)c2cc(N3c4cc5c(cc4B4c6sc7cc8c(cc7c6N(c6ccc7c(c6)C(C)(C)CCC7(C)C)c6cc(-c7ccccc7)cc3c64)C3(C)CCC8(C)CC3)C3CCC5CC3)ccc21. The Morgan fingerprint density at radius 1 is 0.444 bits per heavy atom. The van der Waals surface area contributed by atoms with Gasteiger partial charge in [0.1, 0.15) is 0 Å². The maximum absolute atomic E-state index is 2.81. The molecule has 0 spiro atoms. The molecule has 3 heterocycles. The van der Waals surface area contributed by atoms with Crippen molar-refractivity contribution in [3.8, 4) is 11.1 Å². The molecule has 8 aliphatic carbocycles. The minimum Gasteiger partial charge on any atom is -0.311 e. The molecule has 7 aromatic rings. The third-order valence-electron chi connectivity index (χ3n) is 21.7. The Bertz CT molecular complexity index is 3490. The molecule has 72 heavy (non-hydrogen) atoms. The standard InChI is InChI=1S/C68H73BN2S/c1-63(2)24-26-65(5,6)51-34-44(20-22-49(51)63)70-56-38-47-42-18-16-41(17-19-42)46(47)37-55(56)69-60-57(70)32-43(40-14-12-11-13-15-40)33-58(60)71(45-21-23-50-52(35-45)66(7,8)27-25-64(50,3)4)61-48-36-53-54(39-59(48)72-62(61)69)68(10)30-28-67(53,9)29-31-68/h11-15,20-23,32-39,41-42H,16-19,24-31H2,1-10H3. The molecule has 0 atom stereocenters. The molecule has 2 saturated carbocycles. The summed E-state index contributed by atoms with van der Waals surface area (Å²) in [5, 5.41) is 1.46. The van der Waals surface area contributed by atoms with Crippen LogP contribution in [-0.2, 0) is 32.5 Å². The highest BCUT2D eigenvalue weighted by Crippen LogP contribution is 2.60. The van der Waals surface area contributed by atoms with Crippen LogP contribution in [0.15, 0.2) is 103 Å². The second-order valence-electron chi connectivity index (χ2n) is 27.8. The molecule has 2 nitrogen and oxygen atoms in total. The molecule has 0 unspecified atom stereocenters. The molecule has 0 amide bonds. The van der Waals surface area contributed by atoms with Crippen molar-refractivity contribution in [3.63, 3.8) is 0 Å². The van der Waals surface area contributed by atoms with Crippen molar-refractivity contribution in [3.05, 3.63) is 148 Å². The van der Waals surface area contributed by atoms with Gasteiger partial charge in [0, 0.05) is 43.3 Å². The molecule has 364 valence electrons. The van der Waals surface area contributed by atoms with Gasteiger partial charge in [0.2, 0.25) is 0 Å². The van der Waals surface area contributed by atoms with E-state index in [0.717, 1.165) is 0 Å². The smallest absolute Gasteiger partial charge is 0.264 e. The predicted octanol–water partition coefficient (Wildman–Crippen LogP) is 17.2. The maximum atomic E-state index is 2.81.